The molecular weight excluding hydrogens is 318 g/mol. The van der Waals surface area contributed by atoms with Crippen LogP contribution in [0.15, 0.2) is 24.3 Å². The number of nitrogens with zero attached hydrogens (tertiary/aromatic N) is 1. The lowest BCUT2D eigenvalue weighted by Gasteiger charge is -2.27. The minimum Gasteiger partial charge on any atom is -0.497 e. The van der Waals surface area contributed by atoms with Crippen LogP contribution in [-0.4, -0.2) is 63.0 Å². The average Bonchev–Trinajstić information content (AvgIpc) is 2.66. The van der Waals surface area contributed by atoms with Crippen molar-refractivity contribution in [1.82, 2.24) is 15.5 Å². The van der Waals surface area contributed by atoms with E-state index in [-0.39, 0.29) is 11.7 Å². The number of Topliss-reactive ketones (excluding diaryl/α,β-unsaturated/α-hetero) is 1. The number of ketones is 1. The Labute approximate surface area is 149 Å². The summed E-state index contributed by atoms with van der Waals surface area (Å²) in [6, 6.07) is 7.07. The molecule has 1 fully saturated rings. The maximum Gasteiger partial charge on any atom is 0.220 e. The first kappa shape index (κ1) is 19.4. The van der Waals surface area contributed by atoms with Gasteiger partial charge in [0, 0.05) is 51.1 Å². The molecule has 0 radical (unpaired) electrons. The molecular formula is C19H29N3O3. The minimum atomic E-state index is 0.0304. The van der Waals surface area contributed by atoms with Gasteiger partial charge in [0.15, 0.2) is 5.78 Å². The Bertz CT molecular complexity index is 539. The van der Waals surface area contributed by atoms with Crippen LogP contribution < -0.4 is 15.4 Å². The van der Waals surface area contributed by atoms with Crippen molar-refractivity contribution in [2.45, 2.75) is 25.7 Å². The molecule has 1 aromatic carbocycles. The molecule has 0 aromatic heterocycles. The Morgan fingerprint density at radius 1 is 1.12 bits per heavy atom. The highest BCUT2D eigenvalue weighted by atomic mass is 16.5. The van der Waals surface area contributed by atoms with Crippen molar-refractivity contribution in [3.8, 4) is 5.75 Å². The van der Waals surface area contributed by atoms with Gasteiger partial charge >= 0.3 is 0 Å². The van der Waals surface area contributed by atoms with Crippen LogP contribution in [0.4, 0.5) is 0 Å². The third-order valence-corrected chi connectivity index (χ3v) is 4.40. The van der Waals surface area contributed by atoms with Gasteiger partial charge in [0.1, 0.15) is 5.75 Å². The first-order valence-electron chi connectivity index (χ1n) is 9.06. The fraction of sp³-hybridized carbons (Fsp3) is 0.579. The highest BCUT2D eigenvalue weighted by Crippen LogP contribution is 2.13. The highest BCUT2D eigenvalue weighted by Gasteiger charge is 2.10. The van der Waals surface area contributed by atoms with E-state index in [2.05, 4.69) is 15.5 Å². The molecule has 138 valence electrons. The average molecular weight is 347 g/mol. The molecule has 1 aromatic rings. The maximum atomic E-state index is 12.1. The number of piperazine rings is 1. The van der Waals surface area contributed by atoms with Gasteiger partial charge in [0.25, 0.3) is 0 Å². The number of carbonyl (C=O) groups excluding carboxylic acids is 2. The smallest absolute Gasteiger partial charge is 0.220 e. The predicted molar refractivity (Wildman–Crippen MR) is 98.1 cm³/mol. The number of methoxy groups -OCH3 is 1. The molecule has 6 nitrogen and oxygen atoms in total. The van der Waals surface area contributed by atoms with Gasteiger partial charge in [0.05, 0.1) is 7.11 Å². The number of ether oxygens (including phenoxy) is 1. The molecule has 2 rings (SSSR count). The topological polar surface area (TPSA) is 70.7 Å². The fourth-order valence-corrected chi connectivity index (χ4v) is 2.88. The molecule has 0 saturated carbocycles. The molecule has 0 spiro atoms. The minimum absolute atomic E-state index is 0.0304. The van der Waals surface area contributed by atoms with E-state index in [1.54, 1.807) is 31.4 Å². The van der Waals surface area contributed by atoms with Gasteiger partial charge in [0.2, 0.25) is 5.91 Å². The molecule has 1 aliphatic rings. The first-order valence-corrected chi connectivity index (χ1v) is 9.06. The van der Waals surface area contributed by atoms with Crippen LogP contribution in [0.25, 0.3) is 0 Å². The van der Waals surface area contributed by atoms with Crippen LogP contribution in [-0.2, 0) is 4.79 Å². The standard InChI is InChI=1S/C19H29N3O3/c1-25-17-8-6-16(7-9-17)18(23)4-2-5-19(24)21-10-3-13-22-14-11-20-12-15-22/h6-9,20H,2-5,10-15H2,1H3,(H,21,24). The molecule has 6 heteroatoms. The summed E-state index contributed by atoms with van der Waals surface area (Å²) in [7, 11) is 1.60. The van der Waals surface area contributed by atoms with E-state index in [9.17, 15) is 9.59 Å². The van der Waals surface area contributed by atoms with Crippen molar-refractivity contribution in [1.29, 1.82) is 0 Å². The summed E-state index contributed by atoms with van der Waals surface area (Å²) in [4.78, 5) is 26.3. The molecule has 0 atom stereocenters. The normalized spacial score (nSPS) is 14.9. The van der Waals surface area contributed by atoms with E-state index in [0.717, 1.165) is 44.9 Å². The SMILES string of the molecule is COc1ccc(C(=O)CCCC(=O)NCCCN2CCNCC2)cc1. The summed E-state index contributed by atoms with van der Waals surface area (Å²) in [5, 5.41) is 6.27. The van der Waals surface area contributed by atoms with Crippen LogP contribution in [0.3, 0.4) is 0 Å². The number of rotatable bonds is 10. The second kappa shape index (κ2) is 10.8. The first-order chi connectivity index (χ1) is 12.2. The van der Waals surface area contributed by atoms with Gasteiger partial charge in [-0.05, 0) is 43.7 Å². The summed E-state index contributed by atoms with van der Waals surface area (Å²) in [6.45, 7) is 6.00. The van der Waals surface area contributed by atoms with Crippen LogP contribution in [0.2, 0.25) is 0 Å². The van der Waals surface area contributed by atoms with Crippen LogP contribution >= 0.6 is 0 Å². The molecule has 1 saturated heterocycles. The van der Waals surface area contributed by atoms with Crippen molar-refractivity contribution >= 4 is 11.7 Å². The third-order valence-electron chi connectivity index (χ3n) is 4.40. The second-order valence-electron chi connectivity index (χ2n) is 6.30. The highest BCUT2D eigenvalue weighted by molar-refractivity contribution is 5.96. The van der Waals surface area contributed by atoms with Crippen molar-refractivity contribution < 1.29 is 14.3 Å². The summed E-state index contributed by atoms with van der Waals surface area (Å²) in [6.07, 6.45) is 2.33. The largest absolute Gasteiger partial charge is 0.497 e. The summed E-state index contributed by atoms with van der Waals surface area (Å²) in [5.74, 6) is 0.828. The third kappa shape index (κ3) is 7.23. The zero-order valence-corrected chi connectivity index (χ0v) is 15.1. The summed E-state index contributed by atoms with van der Waals surface area (Å²) in [5.41, 5.74) is 0.664. The molecule has 1 aliphatic heterocycles. The second-order valence-corrected chi connectivity index (χ2v) is 6.30. The summed E-state index contributed by atoms with van der Waals surface area (Å²) < 4.78 is 5.08. The van der Waals surface area contributed by atoms with Crippen molar-refractivity contribution in [3.63, 3.8) is 0 Å². The zero-order chi connectivity index (χ0) is 17.9. The molecule has 0 bridgehead atoms. The van der Waals surface area contributed by atoms with E-state index >= 15 is 0 Å². The number of hydrogen-bond acceptors (Lipinski definition) is 5. The van der Waals surface area contributed by atoms with Gasteiger partial charge in [-0.15, -0.1) is 0 Å². The molecule has 25 heavy (non-hydrogen) atoms. The number of hydrogen-bond donors (Lipinski definition) is 2. The lowest BCUT2D eigenvalue weighted by atomic mass is 10.1. The molecule has 1 heterocycles. The van der Waals surface area contributed by atoms with E-state index in [1.807, 2.05) is 0 Å². The van der Waals surface area contributed by atoms with Gasteiger partial charge in [-0.3, -0.25) is 9.59 Å². The fourth-order valence-electron chi connectivity index (χ4n) is 2.88. The van der Waals surface area contributed by atoms with E-state index in [4.69, 9.17) is 4.74 Å². The lowest BCUT2D eigenvalue weighted by molar-refractivity contribution is -0.121. The number of carbonyl (C=O) groups is 2. The number of amides is 1. The van der Waals surface area contributed by atoms with E-state index in [1.165, 1.54) is 0 Å². The van der Waals surface area contributed by atoms with Crippen molar-refractivity contribution in [2.75, 3.05) is 46.4 Å². The maximum absolute atomic E-state index is 12.1. The predicted octanol–water partition coefficient (Wildman–Crippen LogP) is 1.46. The molecule has 0 aliphatic carbocycles. The van der Waals surface area contributed by atoms with E-state index < -0.39 is 0 Å². The lowest BCUT2D eigenvalue weighted by Crippen LogP contribution is -2.44. The number of nitrogens with one attached hydrogen (secondary N) is 2. The van der Waals surface area contributed by atoms with Gasteiger partial charge in [-0.25, -0.2) is 0 Å². The Morgan fingerprint density at radius 3 is 2.52 bits per heavy atom. The van der Waals surface area contributed by atoms with Crippen LogP contribution in [0.5, 0.6) is 5.75 Å². The zero-order valence-electron chi connectivity index (χ0n) is 15.1. The van der Waals surface area contributed by atoms with Crippen molar-refractivity contribution in [3.05, 3.63) is 29.8 Å². The molecule has 1 amide bonds. The Hall–Kier alpha value is -1.92. The van der Waals surface area contributed by atoms with Gasteiger partial charge in [-0.2, -0.15) is 0 Å². The monoisotopic (exact) mass is 347 g/mol. The Morgan fingerprint density at radius 2 is 1.84 bits per heavy atom. The molecule has 0 unspecified atom stereocenters. The van der Waals surface area contributed by atoms with Crippen molar-refractivity contribution in [2.24, 2.45) is 0 Å². The number of benzene rings is 1. The van der Waals surface area contributed by atoms with Gasteiger partial charge < -0.3 is 20.3 Å². The van der Waals surface area contributed by atoms with Crippen LogP contribution in [0.1, 0.15) is 36.0 Å². The van der Waals surface area contributed by atoms with Gasteiger partial charge in [-0.1, -0.05) is 0 Å². The molecule has 2 N–H and O–H groups in total. The van der Waals surface area contributed by atoms with E-state index in [0.29, 0.717) is 31.4 Å². The van der Waals surface area contributed by atoms with Crippen LogP contribution in [0, 0.1) is 0 Å². The quantitative estimate of drug-likeness (QED) is 0.495. The summed E-state index contributed by atoms with van der Waals surface area (Å²) >= 11 is 0. The Balaban J connectivity index is 1.54. The Kier molecular flexibility index (Phi) is 8.42.